The lowest BCUT2D eigenvalue weighted by atomic mass is 9.74. The number of likely N-dealkylation sites (N-methyl/N-ethyl adjacent to an activating group) is 2. The van der Waals surface area contributed by atoms with Crippen molar-refractivity contribution in [2.75, 3.05) is 21.1 Å². The standard InChI is InChI=1S/C19H36N2/c1-20-18(14-17-13-15-8-9-16(17)12-15)19(21(2)3)10-6-4-5-7-11-19/h15-18,20H,4-14H2,1-3H3. The molecule has 0 aromatic rings. The van der Waals surface area contributed by atoms with E-state index in [4.69, 9.17) is 0 Å². The van der Waals surface area contributed by atoms with E-state index in [1.807, 2.05) is 0 Å². The number of nitrogens with zero attached hydrogens (tertiary/aromatic N) is 1. The lowest BCUT2D eigenvalue weighted by Gasteiger charge is -2.47. The van der Waals surface area contributed by atoms with E-state index in [9.17, 15) is 0 Å². The van der Waals surface area contributed by atoms with Crippen molar-refractivity contribution >= 4 is 0 Å². The molecular formula is C19H36N2. The minimum absolute atomic E-state index is 0.410. The lowest BCUT2D eigenvalue weighted by Crippen LogP contribution is -2.58. The van der Waals surface area contributed by atoms with E-state index >= 15 is 0 Å². The quantitative estimate of drug-likeness (QED) is 0.769. The van der Waals surface area contributed by atoms with Crippen molar-refractivity contribution in [3.05, 3.63) is 0 Å². The Kier molecular flexibility index (Phi) is 4.95. The van der Waals surface area contributed by atoms with Crippen molar-refractivity contribution in [1.29, 1.82) is 0 Å². The molecule has 21 heavy (non-hydrogen) atoms. The molecule has 0 aromatic heterocycles. The minimum Gasteiger partial charge on any atom is -0.315 e. The van der Waals surface area contributed by atoms with Gasteiger partial charge < -0.3 is 10.2 Å². The summed E-state index contributed by atoms with van der Waals surface area (Å²) in [6.45, 7) is 0. The molecule has 1 N–H and O–H groups in total. The molecule has 0 aromatic carbocycles. The molecule has 3 rings (SSSR count). The third-order valence-corrected chi connectivity index (χ3v) is 7.28. The summed E-state index contributed by atoms with van der Waals surface area (Å²) in [6.07, 6.45) is 16.1. The maximum absolute atomic E-state index is 3.77. The van der Waals surface area contributed by atoms with Gasteiger partial charge in [0.05, 0.1) is 0 Å². The molecule has 2 bridgehead atoms. The molecule has 3 aliphatic carbocycles. The van der Waals surface area contributed by atoms with Gasteiger partial charge >= 0.3 is 0 Å². The van der Waals surface area contributed by atoms with Gasteiger partial charge in [-0.25, -0.2) is 0 Å². The van der Waals surface area contributed by atoms with E-state index in [1.165, 1.54) is 64.2 Å². The first kappa shape index (κ1) is 15.8. The second kappa shape index (κ2) is 6.58. The molecule has 3 saturated carbocycles. The van der Waals surface area contributed by atoms with Crippen LogP contribution >= 0.6 is 0 Å². The largest absolute Gasteiger partial charge is 0.315 e. The van der Waals surface area contributed by atoms with Crippen molar-refractivity contribution in [2.24, 2.45) is 17.8 Å². The van der Waals surface area contributed by atoms with Gasteiger partial charge in [0.2, 0.25) is 0 Å². The Morgan fingerprint density at radius 3 is 2.24 bits per heavy atom. The van der Waals surface area contributed by atoms with Crippen LogP contribution in [0.4, 0.5) is 0 Å². The molecule has 2 heteroatoms. The summed E-state index contributed by atoms with van der Waals surface area (Å²) >= 11 is 0. The van der Waals surface area contributed by atoms with Gasteiger partial charge in [-0.15, -0.1) is 0 Å². The molecule has 3 aliphatic rings. The topological polar surface area (TPSA) is 15.3 Å². The monoisotopic (exact) mass is 292 g/mol. The molecule has 0 amide bonds. The van der Waals surface area contributed by atoms with Crippen LogP contribution in [0, 0.1) is 17.8 Å². The van der Waals surface area contributed by atoms with Crippen LogP contribution in [-0.4, -0.2) is 37.6 Å². The highest BCUT2D eigenvalue weighted by atomic mass is 15.2. The smallest absolute Gasteiger partial charge is 0.0356 e. The van der Waals surface area contributed by atoms with Gasteiger partial charge in [0, 0.05) is 11.6 Å². The normalized spacial score (nSPS) is 36.9. The van der Waals surface area contributed by atoms with Crippen molar-refractivity contribution in [3.63, 3.8) is 0 Å². The number of nitrogens with one attached hydrogen (secondary N) is 1. The van der Waals surface area contributed by atoms with Crippen LogP contribution < -0.4 is 5.32 Å². The molecule has 3 fully saturated rings. The molecular weight excluding hydrogens is 256 g/mol. The van der Waals surface area contributed by atoms with Crippen LogP contribution in [0.25, 0.3) is 0 Å². The zero-order valence-corrected chi connectivity index (χ0v) is 14.5. The summed E-state index contributed by atoms with van der Waals surface area (Å²) < 4.78 is 0. The Hall–Kier alpha value is -0.0800. The highest BCUT2D eigenvalue weighted by Gasteiger charge is 2.45. The Labute approximate surface area is 132 Å². The van der Waals surface area contributed by atoms with Crippen LogP contribution in [0.15, 0.2) is 0 Å². The van der Waals surface area contributed by atoms with E-state index < -0.39 is 0 Å². The predicted octanol–water partition coefficient (Wildman–Crippen LogP) is 4.06. The van der Waals surface area contributed by atoms with E-state index in [2.05, 4.69) is 31.4 Å². The third kappa shape index (κ3) is 3.03. The Morgan fingerprint density at radius 1 is 1.05 bits per heavy atom. The second-order valence-electron chi connectivity index (χ2n) is 8.42. The molecule has 4 atom stereocenters. The van der Waals surface area contributed by atoms with Crippen LogP contribution in [0.2, 0.25) is 0 Å². The van der Waals surface area contributed by atoms with Crippen molar-refractivity contribution in [2.45, 2.75) is 82.2 Å². The van der Waals surface area contributed by atoms with Gasteiger partial charge in [0.1, 0.15) is 0 Å². The van der Waals surface area contributed by atoms with E-state index in [0.717, 1.165) is 17.8 Å². The van der Waals surface area contributed by atoms with Crippen LogP contribution in [0.3, 0.4) is 0 Å². The molecule has 0 aliphatic heterocycles. The maximum atomic E-state index is 3.77. The summed E-state index contributed by atoms with van der Waals surface area (Å²) in [5.41, 5.74) is 0.410. The van der Waals surface area contributed by atoms with Gasteiger partial charge in [-0.05, 0) is 77.4 Å². The zero-order valence-electron chi connectivity index (χ0n) is 14.5. The molecule has 4 unspecified atom stereocenters. The average molecular weight is 293 g/mol. The molecule has 2 nitrogen and oxygen atoms in total. The lowest BCUT2D eigenvalue weighted by molar-refractivity contribution is 0.0663. The van der Waals surface area contributed by atoms with E-state index in [1.54, 1.807) is 6.42 Å². The van der Waals surface area contributed by atoms with E-state index in [0.29, 0.717) is 11.6 Å². The molecule has 122 valence electrons. The van der Waals surface area contributed by atoms with Gasteiger partial charge in [-0.3, -0.25) is 0 Å². The summed E-state index contributed by atoms with van der Waals surface area (Å²) in [5, 5.41) is 3.77. The van der Waals surface area contributed by atoms with Crippen molar-refractivity contribution in [3.8, 4) is 0 Å². The number of hydrogen-bond acceptors (Lipinski definition) is 2. The SMILES string of the molecule is CNC(CC1CC2CCC1C2)C1(N(C)C)CCCCCC1. The third-order valence-electron chi connectivity index (χ3n) is 7.28. The first-order valence-electron chi connectivity index (χ1n) is 9.50. The maximum Gasteiger partial charge on any atom is 0.0356 e. The van der Waals surface area contributed by atoms with Crippen LogP contribution in [0.1, 0.15) is 70.6 Å². The number of rotatable bonds is 5. The highest BCUT2D eigenvalue weighted by molar-refractivity contribution is 5.02. The second-order valence-corrected chi connectivity index (χ2v) is 8.42. The van der Waals surface area contributed by atoms with Gasteiger partial charge in [-0.2, -0.15) is 0 Å². The van der Waals surface area contributed by atoms with Crippen LogP contribution in [0.5, 0.6) is 0 Å². The highest BCUT2D eigenvalue weighted by Crippen LogP contribution is 2.51. The average Bonchev–Trinajstić information content (AvgIpc) is 3.00. The summed E-state index contributed by atoms with van der Waals surface area (Å²) in [5.74, 6) is 3.17. The van der Waals surface area contributed by atoms with Gasteiger partial charge in [-0.1, -0.05) is 32.1 Å². The van der Waals surface area contributed by atoms with Crippen molar-refractivity contribution < 1.29 is 0 Å². The Bertz CT molecular complexity index is 330. The minimum atomic E-state index is 0.410. The first-order chi connectivity index (χ1) is 10.2. The summed E-state index contributed by atoms with van der Waals surface area (Å²) in [6, 6.07) is 0.690. The number of hydrogen-bond donors (Lipinski definition) is 1. The Balaban J connectivity index is 1.72. The fourth-order valence-electron chi connectivity index (χ4n) is 6.02. The summed E-state index contributed by atoms with van der Waals surface area (Å²) in [4.78, 5) is 2.58. The first-order valence-corrected chi connectivity index (χ1v) is 9.50. The zero-order chi connectivity index (χ0) is 14.9. The van der Waals surface area contributed by atoms with Gasteiger partial charge in [0.25, 0.3) is 0 Å². The Morgan fingerprint density at radius 2 is 1.76 bits per heavy atom. The predicted molar refractivity (Wildman–Crippen MR) is 90.5 cm³/mol. The van der Waals surface area contributed by atoms with Crippen LogP contribution in [-0.2, 0) is 0 Å². The molecule has 0 heterocycles. The van der Waals surface area contributed by atoms with Gasteiger partial charge in [0.15, 0.2) is 0 Å². The van der Waals surface area contributed by atoms with E-state index in [-0.39, 0.29) is 0 Å². The molecule has 0 saturated heterocycles. The van der Waals surface area contributed by atoms with Crippen molar-refractivity contribution in [1.82, 2.24) is 10.2 Å². The number of fused-ring (bicyclic) bond motifs is 2. The molecule has 0 spiro atoms. The summed E-state index contributed by atoms with van der Waals surface area (Å²) in [7, 11) is 6.88. The molecule has 0 radical (unpaired) electrons. The fraction of sp³-hybridized carbons (Fsp3) is 1.00. The fourth-order valence-corrected chi connectivity index (χ4v) is 6.02.